The molecule has 1 aliphatic rings. The Kier molecular flexibility index (Phi) is 6.12. The number of rotatable bonds is 6. The van der Waals surface area contributed by atoms with Gasteiger partial charge in [0.15, 0.2) is 0 Å². The zero-order valence-corrected chi connectivity index (χ0v) is 17.2. The molecule has 1 N–H and O–H groups in total. The van der Waals surface area contributed by atoms with Crippen molar-refractivity contribution < 1.29 is 18.7 Å². The fraction of sp³-hybridized carbons (Fsp3) is 0.208. The highest BCUT2D eigenvalue weighted by Crippen LogP contribution is 2.26. The Balaban J connectivity index is 1.39. The monoisotopic (exact) mass is 417 g/mol. The van der Waals surface area contributed by atoms with Crippen molar-refractivity contribution in [2.45, 2.75) is 12.8 Å². The molecule has 1 saturated heterocycles. The summed E-state index contributed by atoms with van der Waals surface area (Å²) in [5.74, 6) is 0.211. The maximum Gasteiger partial charge on any atom is 0.338 e. The highest BCUT2D eigenvalue weighted by Gasteiger charge is 2.15. The van der Waals surface area contributed by atoms with Crippen LogP contribution in [0.3, 0.4) is 0 Å². The second kappa shape index (κ2) is 9.30. The van der Waals surface area contributed by atoms with E-state index >= 15 is 0 Å². The minimum atomic E-state index is -0.440. The number of hydrogen-bond donors (Lipinski definition) is 1. The first-order valence-corrected chi connectivity index (χ1v) is 10.1. The fourth-order valence-electron chi connectivity index (χ4n) is 3.57. The Morgan fingerprint density at radius 2 is 1.77 bits per heavy atom. The molecule has 0 aliphatic carbocycles. The summed E-state index contributed by atoms with van der Waals surface area (Å²) in [5, 5.41) is 3.98. The van der Waals surface area contributed by atoms with Crippen molar-refractivity contribution in [3.8, 4) is 11.3 Å². The minimum Gasteiger partial charge on any atom is -0.465 e. The van der Waals surface area contributed by atoms with Gasteiger partial charge in [0.25, 0.3) is 5.91 Å². The molecule has 0 spiro atoms. The summed E-state index contributed by atoms with van der Waals surface area (Å²) in [5.41, 5.74) is 5.21. The Labute approximate surface area is 180 Å². The number of furan rings is 1. The summed E-state index contributed by atoms with van der Waals surface area (Å²) in [6.45, 7) is 2.12. The normalized spacial score (nSPS) is 13.5. The summed E-state index contributed by atoms with van der Waals surface area (Å²) in [7, 11) is 1.34. The quantitative estimate of drug-likeness (QED) is 0.371. The number of hydrazone groups is 1. The molecule has 31 heavy (non-hydrogen) atoms. The molecule has 2 aromatic carbocycles. The van der Waals surface area contributed by atoms with Crippen LogP contribution in [0.5, 0.6) is 0 Å². The molecule has 0 radical (unpaired) electrons. The zero-order valence-electron chi connectivity index (χ0n) is 17.2. The average Bonchev–Trinajstić information content (AvgIpc) is 3.51. The van der Waals surface area contributed by atoms with Gasteiger partial charge >= 0.3 is 5.97 Å². The largest absolute Gasteiger partial charge is 0.465 e. The van der Waals surface area contributed by atoms with E-state index in [0.717, 1.165) is 18.8 Å². The zero-order chi connectivity index (χ0) is 21.6. The van der Waals surface area contributed by atoms with Gasteiger partial charge in [-0.2, -0.15) is 5.10 Å². The summed E-state index contributed by atoms with van der Waals surface area (Å²) in [4.78, 5) is 26.6. The highest BCUT2D eigenvalue weighted by atomic mass is 16.5. The first kappa shape index (κ1) is 20.4. The summed E-state index contributed by atoms with van der Waals surface area (Å²) >= 11 is 0. The molecule has 158 valence electrons. The molecule has 0 atom stereocenters. The molecule has 4 rings (SSSR count). The fourth-order valence-corrected chi connectivity index (χ4v) is 3.57. The lowest BCUT2D eigenvalue weighted by molar-refractivity contribution is 0.0601. The number of esters is 1. The third-order valence-electron chi connectivity index (χ3n) is 5.18. The Morgan fingerprint density at radius 3 is 2.52 bits per heavy atom. The lowest BCUT2D eigenvalue weighted by Crippen LogP contribution is -2.19. The number of carbonyl (C=O) groups excluding carboxylic acids is 2. The van der Waals surface area contributed by atoms with Crippen LogP contribution in [-0.4, -0.2) is 38.3 Å². The number of hydrogen-bond acceptors (Lipinski definition) is 6. The number of anilines is 1. The second-order valence-electron chi connectivity index (χ2n) is 7.18. The smallest absolute Gasteiger partial charge is 0.338 e. The van der Waals surface area contributed by atoms with Crippen LogP contribution in [0.25, 0.3) is 11.3 Å². The van der Waals surface area contributed by atoms with Gasteiger partial charge in [0.1, 0.15) is 11.5 Å². The molecule has 7 heteroatoms. The molecule has 0 saturated carbocycles. The van der Waals surface area contributed by atoms with Crippen LogP contribution in [0.2, 0.25) is 0 Å². The van der Waals surface area contributed by atoms with Crippen molar-refractivity contribution in [1.29, 1.82) is 0 Å². The maximum absolute atomic E-state index is 12.3. The standard InChI is InChI=1S/C24H23N3O4/c1-30-24(29)21-7-3-2-6-20(21)22-13-12-19(31-22)16-25-26-23(28)17-8-10-18(11-9-17)27-14-4-5-15-27/h2-3,6-13,16H,4-5,14-15H2,1H3,(H,26,28)/b25-16-. The van der Waals surface area contributed by atoms with E-state index in [4.69, 9.17) is 9.15 Å². The predicted molar refractivity (Wildman–Crippen MR) is 118 cm³/mol. The lowest BCUT2D eigenvalue weighted by atomic mass is 10.1. The number of benzene rings is 2. The maximum atomic E-state index is 12.3. The lowest BCUT2D eigenvalue weighted by Gasteiger charge is -2.17. The van der Waals surface area contributed by atoms with E-state index in [-0.39, 0.29) is 5.91 Å². The first-order chi connectivity index (χ1) is 15.2. The van der Waals surface area contributed by atoms with E-state index in [1.165, 1.54) is 26.2 Å². The third kappa shape index (κ3) is 4.66. The number of ether oxygens (including phenoxy) is 1. The van der Waals surface area contributed by atoms with E-state index in [0.29, 0.717) is 28.2 Å². The third-order valence-corrected chi connectivity index (χ3v) is 5.18. The second-order valence-corrected chi connectivity index (χ2v) is 7.18. The van der Waals surface area contributed by atoms with E-state index in [2.05, 4.69) is 15.4 Å². The number of methoxy groups -OCH3 is 1. The van der Waals surface area contributed by atoms with Gasteiger partial charge < -0.3 is 14.1 Å². The van der Waals surface area contributed by atoms with E-state index in [9.17, 15) is 9.59 Å². The first-order valence-electron chi connectivity index (χ1n) is 10.1. The van der Waals surface area contributed by atoms with Gasteiger partial charge in [-0.25, -0.2) is 10.2 Å². The Morgan fingerprint density at radius 1 is 1.03 bits per heavy atom. The minimum absolute atomic E-state index is 0.299. The average molecular weight is 417 g/mol. The topological polar surface area (TPSA) is 84.1 Å². The van der Waals surface area contributed by atoms with Crippen molar-refractivity contribution in [1.82, 2.24) is 5.43 Å². The van der Waals surface area contributed by atoms with Gasteiger partial charge in [-0.1, -0.05) is 18.2 Å². The van der Waals surface area contributed by atoms with Crippen LogP contribution in [0.1, 0.15) is 39.3 Å². The Bertz CT molecular complexity index is 1100. The predicted octanol–water partition coefficient (Wildman–Crippen LogP) is 4.10. The van der Waals surface area contributed by atoms with Crippen LogP contribution in [0, 0.1) is 0 Å². The molecular weight excluding hydrogens is 394 g/mol. The van der Waals surface area contributed by atoms with Crippen LogP contribution in [0.4, 0.5) is 5.69 Å². The summed E-state index contributed by atoms with van der Waals surface area (Å²) < 4.78 is 10.6. The van der Waals surface area contributed by atoms with E-state index in [1.54, 1.807) is 42.5 Å². The number of nitrogens with zero attached hydrogens (tertiary/aromatic N) is 2. The van der Waals surface area contributed by atoms with Crippen molar-refractivity contribution in [3.05, 3.63) is 77.6 Å². The molecule has 1 amide bonds. The van der Waals surface area contributed by atoms with Gasteiger partial charge in [0.05, 0.1) is 18.9 Å². The van der Waals surface area contributed by atoms with Gasteiger partial charge in [-0.3, -0.25) is 4.79 Å². The van der Waals surface area contributed by atoms with Gasteiger partial charge in [-0.15, -0.1) is 0 Å². The molecule has 7 nitrogen and oxygen atoms in total. The highest BCUT2D eigenvalue weighted by molar-refractivity contribution is 5.97. The number of amides is 1. The van der Waals surface area contributed by atoms with E-state index < -0.39 is 5.97 Å². The molecule has 1 fully saturated rings. The van der Waals surface area contributed by atoms with Crippen molar-refractivity contribution in [3.63, 3.8) is 0 Å². The van der Waals surface area contributed by atoms with Crippen LogP contribution < -0.4 is 10.3 Å². The SMILES string of the molecule is COC(=O)c1ccccc1-c1ccc(/C=N\NC(=O)c2ccc(N3CCCC3)cc2)o1. The Hall–Kier alpha value is -3.87. The molecule has 1 aliphatic heterocycles. The molecule has 0 bridgehead atoms. The molecule has 0 unspecified atom stereocenters. The number of nitrogens with one attached hydrogen (secondary N) is 1. The number of carbonyl (C=O) groups is 2. The molecule has 2 heterocycles. The van der Waals surface area contributed by atoms with Gasteiger partial charge in [0.2, 0.25) is 0 Å². The van der Waals surface area contributed by atoms with E-state index in [1.807, 2.05) is 18.2 Å². The summed E-state index contributed by atoms with van der Waals surface area (Å²) in [6, 6.07) is 18.0. The van der Waals surface area contributed by atoms with Crippen LogP contribution in [0.15, 0.2) is 70.2 Å². The van der Waals surface area contributed by atoms with Gasteiger partial charge in [-0.05, 0) is 55.3 Å². The van der Waals surface area contributed by atoms with Crippen molar-refractivity contribution >= 4 is 23.8 Å². The van der Waals surface area contributed by atoms with Crippen LogP contribution in [-0.2, 0) is 4.74 Å². The van der Waals surface area contributed by atoms with Crippen LogP contribution >= 0.6 is 0 Å². The molecule has 3 aromatic rings. The molecule has 1 aromatic heterocycles. The van der Waals surface area contributed by atoms with Crippen molar-refractivity contribution in [2.75, 3.05) is 25.1 Å². The van der Waals surface area contributed by atoms with Gasteiger partial charge in [0, 0.05) is 29.9 Å². The van der Waals surface area contributed by atoms with Crippen molar-refractivity contribution in [2.24, 2.45) is 5.10 Å². The molecular formula is C24H23N3O4. The summed E-state index contributed by atoms with van der Waals surface area (Å²) in [6.07, 6.45) is 3.83.